The summed E-state index contributed by atoms with van der Waals surface area (Å²) in [6.07, 6.45) is 1.72. The van der Waals surface area contributed by atoms with Gasteiger partial charge in [-0.25, -0.2) is 8.42 Å². The highest BCUT2D eigenvalue weighted by atomic mass is 32.2. The van der Waals surface area contributed by atoms with Crippen LogP contribution in [0.1, 0.15) is 17.7 Å². The monoisotopic (exact) mass is 256 g/mol. The summed E-state index contributed by atoms with van der Waals surface area (Å²) in [4.78, 5) is 0. The molecule has 0 aliphatic carbocycles. The van der Waals surface area contributed by atoms with Crippen LogP contribution in [0.25, 0.3) is 0 Å². The molecule has 7 heteroatoms. The molecule has 0 bridgehead atoms. The van der Waals surface area contributed by atoms with Crippen LogP contribution in [0.4, 0.5) is 5.82 Å². The van der Waals surface area contributed by atoms with Crippen LogP contribution >= 0.6 is 0 Å². The third kappa shape index (κ3) is 3.75. The number of hydrogen-bond acceptors (Lipinski definition) is 5. The van der Waals surface area contributed by atoms with Crippen LogP contribution in [-0.4, -0.2) is 36.8 Å². The summed E-state index contributed by atoms with van der Waals surface area (Å²) in [5, 5.41) is 16.1. The van der Waals surface area contributed by atoms with Gasteiger partial charge in [-0.05, 0) is 13.3 Å². The first-order valence-electron chi connectivity index (χ1n) is 5.20. The fourth-order valence-electron chi connectivity index (χ4n) is 1.54. The van der Waals surface area contributed by atoms with Crippen LogP contribution in [0, 0.1) is 18.3 Å². The van der Waals surface area contributed by atoms with E-state index < -0.39 is 9.84 Å². The highest BCUT2D eigenvalue weighted by Gasteiger charge is 2.12. The molecule has 0 amide bonds. The standard InChI is InChI=1S/C10H16N4O2S/c1-8-9(7-11)10(14(2)13-8)12-5-4-6-17(3,15)16/h12H,4-6H2,1-3H3. The molecule has 17 heavy (non-hydrogen) atoms. The zero-order valence-electron chi connectivity index (χ0n) is 10.2. The minimum atomic E-state index is -2.93. The van der Waals surface area contributed by atoms with Crippen molar-refractivity contribution in [2.45, 2.75) is 13.3 Å². The second-order valence-electron chi connectivity index (χ2n) is 3.95. The Labute approximate surface area is 101 Å². The average Bonchev–Trinajstić information content (AvgIpc) is 2.46. The van der Waals surface area contributed by atoms with Gasteiger partial charge in [0.05, 0.1) is 11.4 Å². The molecule has 0 aliphatic heterocycles. The molecule has 0 aliphatic rings. The van der Waals surface area contributed by atoms with E-state index in [1.54, 1.807) is 18.7 Å². The fraction of sp³-hybridized carbons (Fsp3) is 0.600. The van der Waals surface area contributed by atoms with Crippen molar-refractivity contribution in [1.29, 1.82) is 5.26 Å². The molecule has 1 aromatic heterocycles. The largest absolute Gasteiger partial charge is 0.369 e. The molecule has 1 rings (SSSR count). The number of nitriles is 1. The second-order valence-corrected chi connectivity index (χ2v) is 6.21. The summed E-state index contributed by atoms with van der Waals surface area (Å²) >= 11 is 0. The Hall–Kier alpha value is -1.55. The fourth-order valence-corrected chi connectivity index (χ4v) is 2.20. The molecule has 0 saturated heterocycles. The molecule has 0 atom stereocenters. The van der Waals surface area contributed by atoms with E-state index in [1.807, 2.05) is 0 Å². The molecular formula is C10H16N4O2S. The third-order valence-electron chi connectivity index (χ3n) is 2.32. The summed E-state index contributed by atoms with van der Waals surface area (Å²) in [5.41, 5.74) is 1.17. The Bertz CT molecular complexity index is 539. The topological polar surface area (TPSA) is 87.8 Å². The van der Waals surface area contributed by atoms with Gasteiger partial charge in [0, 0.05) is 19.8 Å². The minimum absolute atomic E-state index is 0.138. The summed E-state index contributed by atoms with van der Waals surface area (Å²) in [5.74, 6) is 0.775. The lowest BCUT2D eigenvalue weighted by molar-refractivity contribution is 0.600. The van der Waals surface area contributed by atoms with Gasteiger partial charge in [0.25, 0.3) is 0 Å². The summed E-state index contributed by atoms with van der Waals surface area (Å²) in [6.45, 7) is 2.26. The van der Waals surface area contributed by atoms with Gasteiger partial charge < -0.3 is 5.32 Å². The first kappa shape index (κ1) is 13.5. The minimum Gasteiger partial charge on any atom is -0.369 e. The Balaban J connectivity index is 2.62. The van der Waals surface area contributed by atoms with Gasteiger partial charge in [0.1, 0.15) is 27.3 Å². The van der Waals surface area contributed by atoms with Crippen molar-refractivity contribution in [3.05, 3.63) is 11.3 Å². The van der Waals surface area contributed by atoms with Crippen molar-refractivity contribution in [1.82, 2.24) is 9.78 Å². The van der Waals surface area contributed by atoms with Crippen molar-refractivity contribution < 1.29 is 8.42 Å². The number of nitrogens with one attached hydrogen (secondary N) is 1. The summed E-state index contributed by atoms with van der Waals surface area (Å²) < 4.78 is 23.5. The number of sulfone groups is 1. The van der Waals surface area contributed by atoms with Crippen molar-refractivity contribution in [3.8, 4) is 6.07 Å². The first-order chi connectivity index (χ1) is 7.85. The zero-order chi connectivity index (χ0) is 13.1. The Kier molecular flexibility index (Phi) is 4.12. The number of aryl methyl sites for hydroxylation is 2. The molecule has 0 saturated carbocycles. The maximum Gasteiger partial charge on any atom is 0.147 e. The molecule has 0 fully saturated rings. The number of rotatable bonds is 5. The van der Waals surface area contributed by atoms with Crippen molar-refractivity contribution in [2.75, 3.05) is 23.9 Å². The predicted molar refractivity (Wildman–Crippen MR) is 65.5 cm³/mol. The van der Waals surface area contributed by atoms with Crippen LogP contribution in [-0.2, 0) is 16.9 Å². The molecule has 0 radical (unpaired) electrons. The van der Waals surface area contributed by atoms with Crippen LogP contribution in [0.5, 0.6) is 0 Å². The van der Waals surface area contributed by atoms with Crippen LogP contribution in [0.15, 0.2) is 0 Å². The molecular weight excluding hydrogens is 240 g/mol. The van der Waals surface area contributed by atoms with Gasteiger partial charge in [-0.2, -0.15) is 10.4 Å². The van der Waals surface area contributed by atoms with E-state index >= 15 is 0 Å². The smallest absolute Gasteiger partial charge is 0.147 e. The maximum atomic E-state index is 10.9. The molecule has 1 N–H and O–H groups in total. The molecule has 0 spiro atoms. The summed E-state index contributed by atoms with van der Waals surface area (Å²) in [7, 11) is -1.18. The SMILES string of the molecule is Cc1nn(C)c(NCCCS(C)(=O)=O)c1C#N. The van der Waals surface area contributed by atoms with E-state index in [0.717, 1.165) is 0 Å². The lowest BCUT2D eigenvalue weighted by Gasteiger charge is -2.06. The quantitative estimate of drug-likeness (QED) is 0.773. The molecule has 6 nitrogen and oxygen atoms in total. The van der Waals surface area contributed by atoms with E-state index in [-0.39, 0.29) is 5.75 Å². The van der Waals surface area contributed by atoms with E-state index in [1.165, 1.54) is 6.26 Å². The maximum absolute atomic E-state index is 10.9. The van der Waals surface area contributed by atoms with E-state index in [0.29, 0.717) is 30.0 Å². The zero-order valence-corrected chi connectivity index (χ0v) is 11.0. The van der Waals surface area contributed by atoms with Gasteiger partial charge in [0.2, 0.25) is 0 Å². The van der Waals surface area contributed by atoms with Crippen molar-refractivity contribution in [2.24, 2.45) is 7.05 Å². The lowest BCUT2D eigenvalue weighted by atomic mass is 10.2. The average molecular weight is 256 g/mol. The van der Waals surface area contributed by atoms with Gasteiger partial charge in [-0.15, -0.1) is 0 Å². The predicted octanol–water partition coefficient (Wildman–Crippen LogP) is 0.447. The normalized spacial score (nSPS) is 11.2. The first-order valence-corrected chi connectivity index (χ1v) is 7.26. The Morgan fingerprint density at radius 1 is 1.53 bits per heavy atom. The van der Waals surface area contributed by atoms with Crippen LogP contribution in [0.3, 0.4) is 0 Å². The van der Waals surface area contributed by atoms with Gasteiger partial charge in [0.15, 0.2) is 0 Å². The van der Waals surface area contributed by atoms with Crippen molar-refractivity contribution >= 4 is 15.7 Å². The number of aromatic nitrogens is 2. The van der Waals surface area contributed by atoms with E-state index in [4.69, 9.17) is 5.26 Å². The van der Waals surface area contributed by atoms with Gasteiger partial charge >= 0.3 is 0 Å². The Morgan fingerprint density at radius 3 is 2.71 bits per heavy atom. The lowest BCUT2D eigenvalue weighted by Crippen LogP contribution is -2.12. The van der Waals surface area contributed by atoms with Crippen LogP contribution < -0.4 is 5.32 Å². The van der Waals surface area contributed by atoms with E-state index in [9.17, 15) is 8.42 Å². The van der Waals surface area contributed by atoms with Gasteiger partial charge in [-0.3, -0.25) is 4.68 Å². The summed E-state index contributed by atoms with van der Waals surface area (Å²) in [6, 6.07) is 2.08. The molecule has 0 unspecified atom stereocenters. The number of hydrogen-bond donors (Lipinski definition) is 1. The highest BCUT2D eigenvalue weighted by Crippen LogP contribution is 2.16. The number of anilines is 1. The molecule has 1 heterocycles. The molecule has 0 aromatic carbocycles. The Morgan fingerprint density at radius 2 is 2.18 bits per heavy atom. The third-order valence-corrected chi connectivity index (χ3v) is 3.35. The molecule has 1 aromatic rings. The van der Waals surface area contributed by atoms with E-state index in [2.05, 4.69) is 16.5 Å². The second kappa shape index (κ2) is 5.19. The van der Waals surface area contributed by atoms with Gasteiger partial charge in [-0.1, -0.05) is 0 Å². The van der Waals surface area contributed by atoms with Crippen molar-refractivity contribution in [3.63, 3.8) is 0 Å². The van der Waals surface area contributed by atoms with Crippen LogP contribution in [0.2, 0.25) is 0 Å². The number of nitrogens with zero attached hydrogens (tertiary/aromatic N) is 3. The molecule has 94 valence electrons. The highest BCUT2D eigenvalue weighted by molar-refractivity contribution is 7.90.